The monoisotopic (exact) mass is 209 g/mol. The van der Waals surface area contributed by atoms with Crippen molar-refractivity contribution < 1.29 is 4.74 Å². The Balaban J connectivity index is 1.72. The highest BCUT2D eigenvalue weighted by molar-refractivity contribution is 7.10. The molecule has 0 atom stereocenters. The molecule has 1 N–H and O–H groups in total. The second-order valence-electron chi connectivity index (χ2n) is 4.12. The number of thiophene rings is 1. The van der Waals surface area contributed by atoms with E-state index < -0.39 is 0 Å². The third kappa shape index (κ3) is 1.72. The van der Waals surface area contributed by atoms with Crippen molar-refractivity contribution in [2.45, 2.75) is 38.5 Å². The van der Waals surface area contributed by atoms with Gasteiger partial charge in [0, 0.05) is 17.5 Å². The molecule has 1 aromatic heterocycles. The first kappa shape index (κ1) is 8.89. The van der Waals surface area contributed by atoms with Gasteiger partial charge in [0.25, 0.3) is 0 Å². The SMILES string of the molecule is c1sc2c(c1CNC1CC1)CCOC2. The van der Waals surface area contributed by atoms with Crippen molar-refractivity contribution in [1.29, 1.82) is 0 Å². The normalized spacial score (nSPS) is 20.9. The van der Waals surface area contributed by atoms with E-state index in [0.29, 0.717) is 0 Å². The summed E-state index contributed by atoms with van der Waals surface area (Å²) in [6.07, 6.45) is 3.85. The molecule has 1 fully saturated rings. The molecule has 3 heteroatoms. The van der Waals surface area contributed by atoms with E-state index in [1.165, 1.54) is 23.3 Å². The highest BCUT2D eigenvalue weighted by atomic mass is 32.1. The summed E-state index contributed by atoms with van der Waals surface area (Å²) in [7, 11) is 0. The summed E-state index contributed by atoms with van der Waals surface area (Å²) < 4.78 is 5.44. The molecule has 1 aromatic rings. The molecule has 3 rings (SSSR count). The van der Waals surface area contributed by atoms with Gasteiger partial charge in [0.2, 0.25) is 0 Å². The van der Waals surface area contributed by atoms with Crippen molar-refractivity contribution in [2.24, 2.45) is 0 Å². The van der Waals surface area contributed by atoms with Crippen LogP contribution >= 0.6 is 11.3 Å². The van der Waals surface area contributed by atoms with Crippen LogP contribution in [-0.2, 0) is 24.3 Å². The molecule has 2 nitrogen and oxygen atoms in total. The molecule has 1 aliphatic carbocycles. The molecule has 76 valence electrons. The van der Waals surface area contributed by atoms with Crippen LogP contribution in [-0.4, -0.2) is 12.6 Å². The average Bonchev–Trinajstić information content (AvgIpc) is 2.96. The number of hydrogen-bond donors (Lipinski definition) is 1. The van der Waals surface area contributed by atoms with Gasteiger partial charge in [-0.3, -0.25) is 0 Å². The third-order valence-corrected chi connectivity index (χ3v) is 4.01. The van der Waals surface area contributed by atoms with E-state index in [2.05, 4.69) is 10.7 Å². The first-order chi connectivity index (χ1) is 6.93. The third-order valence-electron chi connectivity index (χ3n) is 2.96. The van der Waals surface area contributed by atoms with Gasteiger partial charge in [-0.15, -0.1) is 11.3 Å². The Morgan fingerprint density at radius 3 is 3.29 bits per heavy atom. The fourth-order valence-electron chi connectivity index (χ4n) is 1.91. The highest BCUT2D eigenvalue weighted by Crippen LogP contribution is 2.28. The average molecular weight is 209 g/mol. The molecule has 0 bridgehead atoms. The Hall–Kier alpha value is -0.380. The maximum absolute atomic E-state index is 5.44. The molecular weight excluding hydrogens is 194 g/mol. The van der Waals surface area contributed by atoms with Gasteiger partial charge in [0.1, 0.15) is 0 Å². The van der Waals surface area contributed by atoms with Crippen molar-refractivity contribution in [3.63, 3.8) is 0 Å². The van der Waals surface area contributed by atoms with Crippen molar-refractivity contribution >= 4 is 11.3 Å². The van der Waals surface area contributed by atoms with Gasteiger partial charge >= 0.3 is 0 Å². The molecule has 0 aromatic carbocycles. The van der Waals surface area contributed by atoms with Crippen LogP contribution in [0.25, 0.3) is 0 Å². The molecule has 2 aliphatic rings. The minimum Gasteiger partial charge on any atom is -0.376 e. The minimum absolute atomic E-state index is 0.811. The lowest BCUT2D eigenvalue weighted by atomic mass is 10.1. The largest absolute Gasteiger partial charge is 0.376 e. The second kappa shape index (κ2) is 3.65. The molecule has 0 radical (unpaired) electrons. The minimum atomic E-state index is 0.811. The molecule has 1 aliphatic heterocycles. The zero-order valence-corrected chi connectivity index (χ0v) is 9.03. The van der Waals surface area contributed by atoms with Gasteiger partial charge in [-0.1, -0.05) is 0 Å². The quantitative estimate of drug-likeness (QED) is 0.823. The highest BCUT2D eigenvalue weighted by Gasteiger charge is 2.22. The van der Waals surface area contributed by atoms with Crippen LogP contribution in [0.3, 0.4) is 0 Å². The zero-order valence-electron chi connectivity index (χ0n) is 8.21. The lowest BCUT2D eigenvalue weighted by molar-refractivity contribution is 0.113. The molecule has 14 heavy (non-hydrogen) atoms. The predicted molar refractivity (Wildman–Crippen MR) is 57.5 cm³/mol. The Morgan fingerprint density at radius 2 is 2.43 bits per heavy atom. The van der Waals surface area contributed by atoms with E-state index in [1.54, 1.807) is 5.56 Å². The molecule has 0 amide bonds. The van der Waals surface area contributed by atoms with Crippen molar-refractivity contribution in [3.8, 4) is 0 Å². The van der Waals surface area contributed by atoms with Crippen LogP contribution in [0, 0.1) is 0 Å². The standard InChI is InChI=1S/C11H15NOS/c1-2-9(1)12-5-8-7-14-11-6-13-4-3-10(8)11/h7,9,12H,1-6H2. The van der Waals surface area contributed by atoms with Gasteiger partial charge in [-0.05, 0) is 35.8 Å². The fraction of sp³-hybridized carbons (Fsp3) is 0.636. The Labute approximate surface area is 88.3 Å². The van der Waals surface area contributed by atoms with E-state index in [1.807, 2.05) is 11.3 Å². The van der Waals surface area contributed by atoms with Crippen LogP contribution in [0.2, 0.25) is 0 Å². The van der Waals surface area contributed by atoms with Gasteiger partial charge in [0.15, 0.2) is 0 Å². The Morgan fingerprint density at radius 1 is 1.50 bits per heavy atom. The topological polar surface area (TPSA) is 21.3 Å². The van der Waals surface area contributed by atoms with Gasteiger partial charge in [-0.25, -0.2) is 0 Å². The number of fused-ring (bicyclic) bond motifs is 1. The molecule has 2 heterocycles. The van der Waals surface area contributed by atoms with E-state index >= 15 is 0 Å². The number of ether oxygens (including phenoxy) is 1. The maximum atomic E-state index is 5.44. The van der Waals surface area contributed by atoms with Crippen LogP contribution in [0.15, 0.2) is 5.38 Å². The van der Waals surface area contributed by atoms with Crippen LogP contribution in [0.5, 0.6) is 0 Å². The predicted octanol–water partition coefficient (Wildman–Crippen LogP) is 2.07. The van der Waals surface area contributed by atoms with Gasteiger partial charge < -0.3 is 10.1 Å². The summed E-state index contributed by atoms with van der Waals surface area (Å²) in [5, 5.41) is 5.88. The number of rotatable bonds is 3. The van der Waals surface area contributed by atoms with Gasteiger partial charge in [0.05, 0.1) is 13.2 Å². The number of hydrogen-bond acceptors (Lipinski definition) is 3. The second-order valence-corrected chi connectivity index (χ2v) is 5.08. The summed E-state index contributed by atoms with van der Waals surface area (Å²) in [5.74, 6) is 0. The number of nitrogens with one attached hydrogen (secondary N) is 1. The van der Waals surface area contributed by atoms with Gasteiger partial charge in [-0.2, -0.15) is 0 Å². The molecule has 0 unspecified atom stereocenters. The molecule has 0 spiro atoms. The molecule has 0 saturated heterocycles. The maximum Gasteiger partial charge on any atom is 0.0812 e. The van der Waals surface area contributed by atoms with E-state index in [0.717, 1.165) is 32.2 Å². The van der Waals surface area contributed by atoms with Crippen molar-refractivity contribution in [2.75, 3.05) is 6.61 Å². The summed E-state index contributed by atoms with van der Waals surface area (Å²) in [6, 6.07) is 0.811. The van der Waals surface area contributed by atoms with E-state index in [4.69, 9.17) is 4.74 Å². The summed E-state index contributed by atoms with van der Waals surface area (Å²) in [4.78, 5) is 1.45. The summed E-state index contributed by atoms with van der Waals surface area (Å²) >= 11 is 1.86. The lowest BCUT2D eigenvalue weighted by Crippen LogP contribution is -2.17. The van der Waals surface area contributed by atoms with E-state index in [9.17, 15) is 0 Å². The van der Waals surface area contributed by atoms with Crippen molar-refractivity contribution in [1.82, 2.24) is 5.32 Å². The molecular formula is C11H15NOS. The Kier molecular flexibility index (Phi) is 2.32. The fourth-order valence-corrected chi connectivity index (χ4v) is 2.95. The zero-order chi connectivity index (χ0) is 9.38. The first-order valence-electron chi connectivity index (χ1n) is 5.33. The van der Waals surface area contributed by atoms with Crippen molar-refractivity contribution in [3.05, 3.63) is 21.4 Å². The smallest absolute Gasteiger partial charge is 0.0812 e. The lowest BCUT2D eigenvalue weighted by Gasteiger charge is -2.13. The Bertz CT molecular complexity index is 330. The first-order valence-corrected chi connectivity index (χ1v) is 6.20. The van der Waals surface area contributed by atoms with Crippen LogP contribution in [0.1, 0.15) is 28.8 Å². The molecule has 1 saturated carbocycles. The van der Waals surface area contributed by atoms with Crippen LogP contribution in [0.4, 0.5) is 0 Å². The van der Waals surface area contributed by atoms with Crippen LogP contribution < -0.4 is 5.32 Å². The van der Waals surface area contributed by atoms with E-state index in [-0.39, 0.29) is 0 Å². The summed E-state index contributed by atoms with van der Waals surface area (Å²) in [6.45, 7) is 2.81. The summed E-state index contributed by atoms with van der Waals surface area (Å²) in [5.41, 5.74) is 3.08.